The van der Waals surface area contributed by atoms with Gasteiger partial charge in [0.05, 0.1) is 45.1 Å². The van der Waals surface area contributed by atoms with E-state index in [1.165, 1.54) is 0 Å². The molecular weight excluding hydrogens is 456 g/mol. The molecule has 2 aromatic rings. The molecule has 0 aromatic heterocycles. The molecule has 0 N–H and O–H groups in total. The van der Waals surface area contributed by atoms with Crippen molar-refractivity contribution in [3.05, 3.63) is 52.6 Å². The summed E-state index contributed by atoms with van der Waals surface area (Å²) in [4.78, 5) is 0. The number of hydrogen-bond donors (Lipinski definition) is 0. The van der Waals surface area contributed by atoms with Crippen molar-refractivity contribution >= 4 is 18.2 Å². The number of rotatable bonds is 7. The lowest BCUT2D eigenvalue weighted by atomic mass is 9.91. The Balaban J connectivity index is 1.84. The minimum Gasteiger partial charge on any atom is -0.496 e. The molecule has 4 rings (SSSR count). The van der Waals surface area contributed by atoms with Crippen LogP contribution in [0.15, 0.2) is 30.4 Å². The SMILES string of the molecule is COc1cc(OC)c2c(c1C=CC(C)c1c(OC)cc(OC)c3c1OC(C)(C)C=C3)OC(C)(C)C=C2. The number of methoxy groups -OCH3 is 4. The molecule has 0 saturated carbocycles. The number of allylic oxidation sites excluding steroid dienone is 1. The zero-order valence-electron chi connectivity index (χ0n) is 22.6. The van der Waals surface area contributed by atoms with Crippen molar-refractivity contribution in [2.24, 2.45) is 0 Å². The summed E-state index contributed by atoms with van der Waals surface area (Å²) in [5.74, 6) is 4.22. The number of benzene rings is 2. The summed E-state index contributed by atoms with van der Waals surface area (Å²) in [7, 11) is 6.61. The van der Waals surface area contributed by atoms with Crippen LogP contribution in [-0.2, 0) is 0 Å². The highest BCUT2D eigenvalue weighted by atomic mass is 16.5. The quantitative estimate of drug-likeness (QED) is 0.419. The Morgan fingerprint density at radius 2 is 1.17 bits per heavy atom. The van der Waals surface area contributed by atoms with Crippen LogP contribution in [0.3, 0.4) is 0 Å². The molecule has 0 saturated heterocycles. The van der Waals surface area contributed by atoms with Gasteiger partial charge in [0.2, 0.25) is 0 Å². The predicted octanol–water partition coefficient (Wildman–Crippen LogP) is 6.91. The Bertz CT molecular complexity index is 1250. The molecule has 0 aliphatic carbocycles. The molecule has 2 heterocycles. The molecule has 6 nitrogen and oxygen atoms in total. The zero-order valence-corrected chi connectivity index (χ0v) is 22.6. The highest BCUT2D eigenvalue weighted by Crippen LogP contribution is 2.49. The minimum absolute atomic E-state index is 0.0588. The summed E-state index contributed by atoms with van der Waals surface area (Å²) < 4.78 is 35.6. The molecule has 2 aliphatic heterocycles. The summed E-state index contributed by atoms with van der Waals surface area (Å²) in [6, 6.07) is 3.80. The molecule has 36 heavy (non-hydrogen) atoms. The Morgan fingerprint density at radius 1 is 0.694 bits per heavy atom. The molecule has 2 aromatic carbocycles. The summed E-state index contributed by atoms with van der Waals surface area (Å²) >= 11 is 0. The molecule has 192 valence electrons. The smallest absolute Gasteiger partial charge is 0.142 e. The van der Waals surface area contributed by atoms with E-state index >= 15 is 0 Å². The van der Waals surface area contributed by atoms with Crippen molar-refractivity contribution in [3.8, 4) is 34.5 Å². The summed E-state index contributed by atoms with van der Waals surface area (Å²) in [6.07, 6.45) is 12.3. The molecule has 1 unspecified atom stereocenters. The van der Waals surface area contributed by atoms with Gasteiger partial charge < -0.3 is 28.4 Å². The van der Waals surface area contributed by atoms with Gasteiger partial charge in [-0.3, -0.25) is 0 Å². The van der Waals surface area contributed by atoms with Gasteiger partial charge in [0.15, 0.2) is 0 Å². The van der Waals surface area contributed by atoms with Crippen LogP contribution in [0, 0.1) is 0 Å². The Labute approximate surface area is 214 Å². The summed E-state index contributed by atoms with van der Waals surface area (Å²) in [6.45, 7) is 10.2. The molecule has 0 spiro atoms. The van der Waals surface area contributed by atoms with Crippen molar-refractivity contribution < 1.29 is 28.4 Å². The zero-order chi connectivity index (χ0) is 26.3. The predicted molar refractivity (Wildman–Crippen MR) is 144 cm³/mol. The van der Waals surface area contributed by atoms with E-state index in [1.54, 1.807) is 28.4 Å². The van der Waals surface area contributed by atoms with Crippen molar-refractivity contribution in [3.63, 3.8) is 0 Å². The average Bonchev–Trinajstić information content (AvgIpc) is 2.84. The van der Waals surface area contributed by atoms with Crippen LogP contribution in [0.4, 0.5) is 0 Å². The van der Waals surface area contributed by atoms with Crippen LogP contribution in [0.2, 0.25) is 0 Å². The van der Waals surface area contributed by atoms with Crippen LogP contribution >= 0.6 is 0 Å². The largest absolute Gasteiger partial charge is 0.496 e. The van der Waals surface area contributed by atoms with E-state index in [4.69, 9.17) is 28.4 Å². The lowest BCUT2D eigenvalue weighted by molar-refractivity contribution is 0.155. The summed E-state index contributed by atoms with van der Waals surface area (Å²) in [5, 5.41) is 0. The number of ether oxygens (including phenoxy) is 6. The lowest BCUT2D eigenvalue weighted by Crippen LogP contribution is -2.28. The third-order valence-corrected chi connectivity index (χ3v) is 6.48. The molecular formula is C30H36O6. The van der Waals surface area contributed by atoms with E-state index in [-0.39, 0.29) is 5.92 Å². The fourth-order valence-corrected chi connectivity index (χ4v) is 4.59. The second-order valence-electron chi connectivity index (χ2n) is 10.1. The molecule has 2 aliphatic rings. The molecule has 0 fully saturated rings. The first-order valence-electron chi connectivity index (χ1n) is 12.1. The van der Waals surface area contributed by atoms with Gasteiger partial charge in [-0.05, 0) is 52.0 Å². The van der Waals surface area contributed by atoms with Gasteiger partial charge in [-0.1, -0.05) is 19.1 Å². The van der Waals surface area contributed by atoms with E-state index in [0.717, 1.165) is 33.8 Å². The maximum atomic E-state index is 6.45. The van der Waals surface area contributed by atoms with Gasteiger partial charge in [-0.25, -0.2) is 0 Å². The fourth-order valence-electron chi connectivity index (χ4n) is 4.59. The van der Waals surface area contributed by atoms with Crippen LogP contribution < -0.4 is 28.4 Å². The van der Waals surface area contributed by atoms with Crippen molar-refractivity contribution in [1.82, 2.24) is 0 Å². The topological polar surface area (TPSA) is 55.4 Å². The maximum Gasteiger partial charge on any atom is 0.142 e. The van der Waals surface area contributed by atoms with Gasteiger partial charge in [-0.15, -0.1) is 0 Å². The van der Waals surface area contributed by atoms with Gasteiger partial charge in [-0.2, -0.15) is 0 Å². The van der Waals surface area contributed by atoms with Crippen LogP contribution in [0.25, 0.3) is 18.2 Å². The van der Waals surface area contributed by atoms with Crippen LogP contribution in [0.1, 0.15) is 62.8 Å². The van der Waals surface area contributed by atoms with E-state index in [2.05, 4.69) is 19.1 Å². The first kappa shape index (κ1) is 25.5. The third kappa shape index (κ3) is 4.64. The Hall–Kier alpha value is -3.54. The lowest BCUT2D eigenvalue weighted by Gasteiger charge is -2.32. The summed E-state index contributed by atoms with van der Waals surface area (Å²) in [5.41, 5.74) is 2.68. The first-order chi connectivity index (χ1) is 17.0. The third-order valence-electron chi connectivity index (χ3n) is 6.48. The highest BCUT2D eigenvalue weighted by Gasteiger charge is 2.31. The van der Waals surface area contributed by atoms with Crippen LogP contribution in [0.5, 0.6) is 34.5 Å². The van der Waals surface area contributed by atoms with Crippen molar-refractivity contribution in [2.45, 2.75) is 51.7 Å². The van der Waals surface area contributed by atoms with E-state index in [1.807, 2.05) is 64.1 Å². The second-order valence-corrected chi connectivity index (χ2v) is 10.1. The van der Waals surface area contributed by atoms with Crippen LogP contribution in [-0.4, -0.2) is 39.6 Å². The van der Waals surface area contributed by atoms with E-state index < -0.39 is 11.2 Å². The van der Waals surface area contributed by atoms with Crippen molar-refractivity contribution in [2.75, 3.05) is 28.4 Å². The Kier molecular flexibility index (Phi) is 6.74. The molecule has 0 bridgehead atoms. The number of fused-ring (bicyclic) bond motifs is 2. The minimum atomic E-state index is -0.456. The highest BCUT2D eigenvalue weighted by molar-refractivity contribution is 5.79. The van der Waals surface area contributed by atoms with Gasteiger partial charge in [0.25, 0.3) is 0 Å². The second kappa shape index (κ2) is 9.49. The van der Waals surface area contributed by atoms with Gasteiger partial charge in [0.1, 0.15) is 45.7 Å². The maximum absolute atomic E-state index is 6.45. The van der Waals surface area contributed by atoms with Gasteiger partial charge >= 0.3 is 0 Å². The molecule has 0 amide bonds. The van der Waals surface area contributed by atoms with E-state index in [9.17, 15) is 0 Å². The fraction of sp³-hybridized carbons (Fsp3) is 0.400. The monoisotopic (exact) mass is 492 g/mol. The van der Waals surface area contributed by atoms with Gasteiger partial charge in [0, 0.05) is 23.6 Å². The average molecular weight is 493 g/mol. The number of hydrogen-bond acceptors (Lipinski definition) is 6. The van der Waals surface area contributed by atoms with E-state index in [0.29, 0.717) is 23.0 Å². The Morgan fingerprint density at radius 3 is 1.69 bits per heavy atom. The standard InChI is InChI=1S/C30H36O6/c1-18(26-25(34-9)17-24(33-8)21-13-15-30(4,5)36-28(21)26)10-11-19-22(31-6)16-23(32-7)20-12-14-29(2,3)35-27(19)20/h10-18H,1-9H3. The van der Waals surface area contributed by atoms with Crippen molar-refractivity contribution in [1.29, 1.82) is 0 Å². The molecule has 6 heteroatoms. The first-order valence-corrected chi connectivity index (χ1v) is 12.1. The molecule has 0 radical (unpaired) electrons. The molecule has 1 atom stereocenters. The normalized spacial score (nSPS) is 17.5.